The van der Waals surface area contributed by atoms with Crippen LogP contribution in [0.25, 0.3) is 6.08 Å². The molecule has 1 saturated heterocycles. The summed E-state index contributed by atoms with van der Waals surface area (Å²) in [6.45, 7) is 10.5. The number of imide groups is 2. The third-order valence-corrected chi connectivity index (χ3v) is 7.32. The number of amides is 4. The Morgan fingerprint density at radius 1 is 1.06 bits per heavy atom. The molecule has 4 amide bonds. The van der Waals surface area contributed by atoms with Crippen molar-refractivity contribution in [1.82, 2.24) is 5.32 Å². The highest BCUT2D eigenvalue weighted by atomic mass is 79.9. The number of benzene rings is 2. The van der Waals surface area contributed by atoms with E-state index >= 15 is 0 Å². The maximum Gasteiger partial charge on any atom is 0.335 e. The molecular weight excluding hydrogens is 482 g/mol. The Balaban J connectivity index is 1.78. The van der Waals surface area contributed by atoms with E-state index in [0.29, 0.717) is 11.6 Å². The summed E-state index contributed by atoms with van der Waals surface area (Å²) in [6, 6.07) is 8.71. The van der Waals surface area contributed by atoms with Crippen molar-refractivity contribution in [2.24, 2.45) is 0 Å². The second-order valence-corrected chi connectivity index (χ2v) is 10.5. The van der Waals surface area contributed by atoms with Crippen LogP contribution < -0.4 is 15.1 Å². The average Bonchev–Trinajstić information content (AvgIpc) is 2.71. The topological polar surface area (TPSA) is 69.7 Å². The van der Waals surface area contributed by atoms with Crippen LogP contribution >= 0.6 is 15.9 Å². The lowest BCUT2D eigenvalue weighted by atomic mass is 9.79. The van der Waals surface area contributed by atoms with Gasteiger partial charge in [0.25, 0.3) is 11.8 Å². The fraction of sp³-hybridized carbons (Fsp3) is 0.346. The van der Waals surface area contributed by atoms with Crippen LogP contribution in [0, 0.1) is 13.8 Å². The molecule has 1 fully saturated rings. The van der Waals surface area contributed by atoms with Crippen LogP contribution in [0.2, 0.25) is 0 Å². The van der Waals surface area contributed by atoms with Gasteiger partial charge in [0.05, 0.1) is 5.69 Å². The zero-order valence-electron chi connectivity index (χ0n) is 19.7. The van der Waals surface area contributed by atoms with Crippen LogP contribution in [0.1, 0.15) is 55.4 Å². The number of nitrogens with one attached hydrogen (secondary N) is 1. The number of nitrogens with zero attached hydrogens (tertiary/aromatic N) is 2. The summed E-state index contributed by atoms with van der Waals surface area (Å²) in [5, 5.41) is 2.32. The quantitative estimate of drug-likeness (QED) is 0.431. The summed E-state index contributed by atoms with van der Waals surface area (Å²) in [4.78, 5) is 41.9. The highest BCUT2D eigenvalue weighted by Crippen LogP contribution is 2.43. The molecule has 7 heteroatoms. The van der Waals surface area contributed by atoms with Gasteiger partial charge in [0, 0.05) is 22.7 Å². The number of barbiturate groups is 1. The molecule has 6 nitrogen and oxygen atoms in total. The summed E-state index contributed by atoms with van der Waals surface area (Å²) >= 11 is 3.40. The number of carbonyl (C=O) groups excluding carboxylic acids is 3. The first-order chi connectivity index (χ1) is 15.4. The Labute approximate surface area is 202 Å². The molecule has 0 aliphatic carbocycles. The van der Waals surface area contributed by atoms with Gasteiger partial charge in [-0.05, 0) is 98.7 Å². The maximum absolute atomic E-state index is 13.3. The van der Waals surface area contributed by atoms with Gasteiger partial charge in [0.2, 0.25) is 0 Å². The molecule has 0 bridgehead atoms. The second-order valence-electron chi connectivity index (χ2n) is 9.63. The predicted octanol–water partition coefficient (Wildman–Crippen LogP) is 5.45. The van der Waals surface area contributed by atoms with E-state index in [1.165, 1.54) is 11.3 Å². The van der Waals surface area contributed by atoms with Gasteiger partial charge in [-0.2, -0.15) is 0 Å². The molecule has 2 aromatic carbocycles. The van der Waals surface area contributed by atoms with E-state index in [4.69, 9.17) is 0 Å². The molecular formula is C26H28BrN3O3. The monoisotopic (exact) mass is 509 g/mol. The van der Waals surface area contributed by atoms with Crippen molar-refractivity contribution in [2.75, 3.05) is 16.8 Å². The van der Waals surface area contributed by atoms with Crippen LogP contribution in [-0.2, 0) is 9.59 Å². The minimum atomic E-state index is -0.743. The number of anilines is 2. The summed E-state index contributed by atoms with van der Waals surface area (Å²) in [5.74, 6) is -0.972. The number of rotatable bonds is 2. The molecule has 1 N–H and O–H groups in total. The minimum absolute atomic E-state index is 0.0431. The Kier molecular flexibility index (Phi) is 5.73. The Morgan fingerprint density at radius 2 is 1.76 bits per heavy atom. The van der Waals surface area contributed by atoms with Crippen molar-refractivity contribution in [2.45, 2.75) is 52.5 Å². The lowest BCUT2D eigenvalue weighted by molar-refractivity contribution is -0.122. The van der Waals surface area contributed by atoms with Crippen molar-refractivity contribution in [3.05, 3.63) is 62.6 Å². The van der Waals surface area contributed by atoms with Crippen LogP contribution in [0.4, 0.5) is 16.2 Å². The number of carbonyl (C=O) groups is 3. The van der Waals surface area contributed by atoms with Crippen molar-refractivity contribution < 1.29 is 14.4 Å². The van der Waals surface area contributed by atoms with Gasteiger partial charge in [0.1, 0.15) is 5.57 Å². The smallest absolute Gasteiger partial charge is 0.335 e. The standard InChI is InChI=1S/C26H28BrN3O3/c1-14-10-22-19(16(3)13-26(4,5)29(22)6)11-17(14)12-20-23(31)28-25(33)30(24(20)32)21-8-7-18(27)9-15(21)2/h7-12,16H,13H2,1-6H3,(H,28,31,33)/b20-12+. The zero-order valence-corrected chi connectivity index (χ0v) is 21.3. The number of fused-ring (bicyclic) bond motifs is 1. The molecule has 172 valence electrons. The van der Waals surface area contributed by atoms with E-state index in [0.717, 1.165) is 32.5 Å². The molecule has 0 saturated carbocycles. The Hall–Kier alpha value is -2.93. The van der Waals surface area contributed by atoms with Gasteiger partial charge in [-0.3, -0.25) is 14.9 Å². The number of hydrogen-bond donors (Lipinski definition) is 1. The van der Waals surface area contributed by atoms with Crippen molar-refractivity contribution in [3.63, 3.8) is 0 Å². The lowest BCUT2D eigenvalue weighted by Crippen LogP contribution is -2.54. The number of urea groups is 1. The van der Waals surface area contributed by atoms with E-state index in [1.54, 1.807) is 18.2 Å². The van der Waals surface area contributed by atoms with Gasteiger partial charge < -0.3 is 4.90 Å². The second kappa shape index (κ2) is 8.13. The number of aryl methyl sites for hydroxylation is 2. The first kappa shape index (κ1) is 23.2. The molecule has 1 unspecified atom stereocenters. The van der Waals surface area contributed by atoms with Crippen LogP contribution in [0.3, 0.4) is 0 Å². The Bertz CT molecular complexity index is 1230. The van der Waals surface area contributed by atoms with Gasteiger partial charge in [-0.1, -0.05) is 22.9 Å². The Morgan fingerprint density at radius 3 is 2.42 bits per heavy atom. The highest BCUT2D eigenvalue weighted by Gasteiger charge is 2.38. The maximum atomic E-state index is 13.3. The van der Waals surface area contributed by atoms with Crippen molar-refractivity contribution in [1.29, 1.82) is 0 Å². The number of halogens is 1. The van der Waals surface area contributed by atoms with E-state index in [1.807, 2.05) is 19.9 Å². The highest BCUT2D eigenvalue weighted by molar-refractivity contribution is 9.10. The van der Waals surface area contributed by atoms with Gasteiger partial charge in [0.15, 0.2) is 0 Å². The molecule has 2 aliphatic heterocycles. The van der Waals surface area contributed by atoms with Crippen LogP contribution in [0.15, 0.2) is 40.4 Å². The van der Waals surface area contributed by atoms with Crippen molar-refractivity contribution >= 4 is 51.2 Å². The molecule has 0 aromatic heterocycles. The molecule has 2 aromatic rings. The van der Waals surface area contributed by atoms with E-state index < -0.39 is 17.8 Å². The molecule has 4 rings (SSSR count). The molecule has 1 atom stereocenters. The van der Waals surface area contributed by atoms with Gasteiger partial charge in [-0.25, -0.2) is 9.69 Å². The lowest BCUT2D eigenvalue weighted by Gasteiger charge is -2.45. The van der Waals surface area contributed by atoms with Crippen molar-refractivity contribution in [3.8, 4) is 0 Å². The molecule has 2 heterocycles. The normalized spacial score (nSPS) is 21.4. The molecule has 33 heavy (non-hydrogen) atoms. The fourth-order valence-corrected chi connectivity index (χ4v) is 5.27. The van der Waals surface area contributed by atoms with Crippen LogP contribution in [-0.4, -0.2) is 30.4 Å². The zero-order chi connectivity index (χ0) is 24.2. The number of hydrogen-bond acceptors (Lipinski definition) is 4. The summed E-state index contributed by atoms with van der Waals surface area (Å²) < 4.78 is 0.840. The van der Waals surface area contributed by atoms with E-state index in [9.17, 15) is 14.4 Å². The first-order valence-corrected chi connectivity index (χ1v) is 11.8. The third-order valence-electron chi connectivity index (χ3n) is 6.82. The SMILES string of the molecule is Cc1cc2c(cc1/C=C1\C(=O)NC(=O)N(c3ccc(Br)cc3C)C1=O)C(C)CC(C)(C)N2C. The van der Waals surface area contributed by atoms with Gasteiger partial charge >= 0.3 is 6.03 Å². The molecule has 0 radical (unpaired) electrons. The summed E-state index contributed by atoms with van der Waals surface area (Å²) in [7, 11) is 2.10. The molecule has 0 spiro atoms. The van der Waals surface area contributed by atoms with E-state index in [2.05, 4.69) is 66.1 Å². The minimum Gasteiger partial charge on any atom is -0.369 e. The molecule has 2 aliphatic rings. The van der Waals surface area contributed by atoms with Gasteiger partial charge in [-0.15, -0.1) is 0 Å². The largest absolute Gasteiger partial charge is 0.369 e. The first-order valence-electron chi connectivity index (χ1n) is 11.0. The summed E-state index contributed by atoms with van der Waals surface area (Å²) in [6.07, 6.45) is 2.60. The average molecular weight is 510 g/mol. The van der Waals surface area contributed by atoms with E-state index in [-0.39, 0.29) is 11.1 Å². The summed E-state index contributed by atoms with van der Waals surface area (Å²) in [5.41, 5.74) is 5.29. The predicted molar refractivity (Wildman–Crippen MR) is 135 cm³/mol. The van der Waals surface area contributed by atoms with Crippen LogP contribution in [0.5, 0.6) is 0 Å². The third kappa shape index (κ3) is 3.99. The fourth-order valence-electron chi connectivity index (χ4n) is 4.79.